The molecule has 0 aliphatic heterocycles. The van der Waals surface area contributed by atoms with Gasteiger partial charge in [0.15, 0.2) is 0 Å². The Bertz CT molecular complexity index is 334. The van der Waals surface area contributed by atoms with Gasteiger partial charge in [-0.3, -0.25) is 16.3 Å². The molecule has 1 unspecified atom stereocenters. The van der Waals surface area contributed by atoms with Gasteiger partial charge in [0.05, 0.1) is 0 Å². The van der Waals surface area contributed by atoms with Crippen molar-refractivity contribution in [2.75, 3.05) is 0 Å². The van der Waals surface area contributed by atoms with Gasteiger partial charge in [-0.25, -0.2) is 0 Å². The highest BCUT2D eigenvalue weighted by Gasteiger charge is 2.13. The summed E-state index contributed by atoms with van der Waals surface area (Å²) in [6, 6.07) is 4.39. The minimum absolute atomic E-state index is 0.218. The molecule has 0 aliphatic rings. The zero-order chi connectivity index (χ0) is 12.1. The molecule has 0 aliphatic carbocycles. The van der Waals surface area contributed by atoms with Crippen LogP contribution < -0.4 is 11.3 Å². The van der Waals surface area contributed by atoms with Crippen LogP contribution in [0.5, 0.6) is 0 Å². The number of hydrazine groups is 1. The highest BCUT2D eigenvalue weighted by atomic mass is 15.2. The lowest BCUT2D eigenvalue weighted by Crippen LogP contribution is -2.29. The topological polar surface area (TPSA) is 50.9 Å². The maximum Gasteiger partial charge on any atom is 0.0478 e. The lowest BCUT2D eigenvalue weighted by atomic mass is 9.97. The fourth-order valence-corrected chi connectivity index (χ4v) is 1.89. The summed E-state index contributed by atoms with van der Waals surface area (Å²) in [6.45, 7) is 8.51. The van der Waals surface area contributed by atoms with Crippen molar-refractivity contribution in [2.45, 2.75) is 46.6 Å². The van der Waals surface area contributed by atoms with Crippen molar-refractivity contribution in [3.63, 3.8) is 0 Å². The van der Waals surface area contributed by atoms with E-state index < -0.39 is 0 Å². The Labute approximate surface area is 98.4 Å². The van der Waals surface area contributed by atoms with E-state index in [1.807, 2.05) is 19.9 Å². The molecule has 3 heteroatoms. The van der Waals surface area contributed by atoms with E-state index in [0.29, 0.717) is 5.92 Å². The molecule has 1 heterocycles. The number of hydrogen-bond donors (Lipinski definition) is 2. The first-order valence-corrected chi connectivity index (χ1v) is 5.95. The van der Waals surface area contributed by atoms with Gasteiger partial charge in [-0.15, -0.1) is 0 Å². The maximum absolute atomic E-state index is 5.62. The lowest BCUT2D eigenvalue weighted by Gasteiger charge is -2.19. The third-order valence-electron chi connectivity index (χ3n) is 2.88. The van der Waals surface area contributed by atoms with Crippen LogP contribution in [0.25, 0.3) is 0 Å². The van der Waals surface area contributed by atoms with E-state index in [-0.39, 0.29) is 6.04 Å². The normalized spacial score (nSPS) is 13.1. The van der Waals surface area contributed by atoms with Crippen molar-refractivity contribution >= 4 is 0 Å². The summed E-state index contributed by atoms with van der Waals surface area (Å²) in [5, 5.41) is 0. The van der Waals surface area contributed by atoms with Crippen molar-refractivity contribution in [3.8, 4) is 0 Å². The number of aromatic nitrogens is 1. The third kappa shape index (κ3) is 3.58. The van der Waals surface area contributed by atoms with Gasteiger partial charge in [-0.05, 0) is 44.2 Å². The molecule has 0 saturated heterocycles. The van der Waals surface area contributed by atoms with Crippen molar-refractivity contribution < 1.29 is 0 Å². The van der Waals surface area contributed by atoms with Gasteiger partial charge in [0.25, 0.3) is 0 Å². The second kappa shape index (κ2) is 5.97. The monoisotopic (exact) mass is 221 g/mol. The van der Waals surface area contributed by atoms with Gasteiger partial charge in [0, 0.05) is 17.4 Å². The van der Waals surface area contributed by atoms with Crippen LogP contribution in [0, 0.1) is 19.8 Å². The molecule has 16 heavy (non-hydrogen) atoms. The summed E-state index contributed by atoms with van der Waals surface area (Å²) >= 11 is 0. The molecule has 0 saturated carbocycles. The van der Waals surface area contributed by atoms with E-state index in [9.17, 15) is 0 Å². The first kappa shape index (κ1) is 13.1. The molecule has 0 spiro atoms. The summed E-state index contributed by atoms with van der Waals surface area (Å²) < 4.78 is 0. The Morgan fingerprint density at radius 2 is 1.94 bits per heavy atom. The lowest BCUT2D eigenvalue weighted by molar-refractivity contribution is 0.446. The van der Waals surface area contributed by atoms with Crippen LogP contribution in [0.15, 0.2) is 12.1 Å². The predicted octanol–water partition coefficient (Wildman–Crippen LogP) is 2.64. The highest BCUT2D eigenvalue weighted by molar-refractivity contribution is 5.24. The minimum Gasteiger partial charge on any atom is -0.271 e. The van der Waals surface area contributed by atoms with Crippen LogP contribution in [-0.4, -0.2) is 4.98 Å². The zero-order valence-electron chi connectivity index (χ0n) is 10.7. The molecular weight excluding hydrogens is 198 g/mol. The number of pyridine rings is 1. The average molecular weight is 221 g/mol. The van der Waals surface area contributed by atoms with E-state index >= 15 is 0 Å². The van der Waals surface area contributed by atoms with Gasteiger partial charge < -0.3 is 0 Å². The smallest absolute Gasteiger partial charge is 0.0478 e. The quantitative estimate of drug-likeness (QED) is 0.593. The number of rotatable bonds is 5. The van der Waals surface area contributed by atoms with Crippen LogP contribution in [0.4, 0.5) is 0 Å². The first-order chi connectivity index (χ1) is 7.54. The summed E-state index contributed by atoms with van der Waals surface area (Å²) in [4.78, 5) is 4.47. The molecule has 0 bridgehead atoms. The second-order valence-electron chi connectivity index (χ2n) is 4.82. The number of nitrogens with one attached hydrogen (secondary N) is 1. The summed E-state index contributed by atoms with van der Waals surface area (Å²) in [5.74, 6) is 6.32. The fourth-order valence-electron chi connectivity index (χ4n) is 1.89. The number of nitrogens with zero attached hydrogens (tertiary/aromatic N) is 1. The number of hydrogen-bond acceptors (Lipinski definition) is 3. The Balaban J connectivity index is 2.78. The first-order valence-electron chi connectivity index (χ1n) is 5.95. The summed E-state index contributed by atoms with van der Waals surface area (Å²) in [7, 11) is 0. The Morgan fingerprint density at radius 1 is 1.25 bits per heavy atom. The van der Waals surface area contributed by atoms with E-state index in [1.54, 1.807) is 0 Å². The third-order valence-corrected chi connectivity index (χ3v) is 2.88. The van der Waals surface area contributed by atoms with E-state index in [4.69, 9.17) is 5.84 Å². The molecule has 1 aromatic heterocycles. The van der Waals surface area contributed by atoms with Crippen LogP contribution in [0.2, 0.25) is 0 Å². The number of nitrogens with two attached hydrogens (primary N) is 1. The van der Waals surface area contributed by atoms with Crippen molar-refractivity contribution in [1.82, 2.24) is 10.4 Å². The van der Waals surface area contributed by atoms with Gasteiger partial charge in [0.2, 0.25) is 0 Å². The second-order valence-corrected chi connectivity index (χ2v) is 4.82. The Hall–Kier alpha value is -0.930. The van der Waals surface area contributed by atoms with Gasteiger partial charge >= 0.3 is 0 Å². The SMILES string of the molecule is Cc1ccc(C(CCC(C)C)NN)c(C)n1. The standard InChI is InChI=1S/C13H23N3/c1-9(2)5-8-13(16-14)12-7-6-10(3)15-11(12)4/h6-7,9,13,16H,5,8,14H2,1-4H3. The molecule has 1 rings (SSSR count). The predicted molar refractivity (Wildman–Crippen MR) is 67.8 cm³/mol. The van der Waals surface area contributed by atoms with Crippen LogP contribution >= 0.6 is 0 Å². The Morgan fingerprint density at radius 3 is 2.44 bits per heavy atom. The summed E-state index contributed by atoms with van der Waals surface area (Å²) in [5.41, 5.74) is 6.24. The molecule has 3 nitrogen and oxygen atoms in total. The van der Waals surface area contributed by atoms with E-state index in [1.165, 1.54) is 12.0 Å². The Kier molecular flexibility index (Phi) is 4.90. The highest BCUT2D eigenvalue weighted by Crippen LogP contribution is 2.22. The number of aryl methyl sites for hydroxylation is 2. The van der Waals surface area contributed by atoms with Crippen molar-refractivity contribution in [3.05, 3.63) is 29.1 Å². The zero-order valence-corrected chi connectivity index (χ0v) is 10.7. The maximum atomic E-state index is 5.62. The van der Waals surface area contributed by atoms with Gasteiger partial charge in [-0.1, -0.05) is 19.9 Å². The van der Waals surface area contributed by atoms with Crippen molar-refractivity contribution in [1.29, 1.82) is 0 Å². The largest absolute Gasteiger partial charge is 0.271 e. The molecular formula is C13H23N3. The summed E-state index contributed by atoms with van der Waals surface area (Å²) in [6.07, 6.45) is 2.22. The van der Waals surface area contributed by atoms with Crippen LogP contribution in [-0.2, 0) is 0 Å². The molecule has 0 fully saturated rings. The minimum atomic E-state index is 0.218. The molecule has 0 aromatic carbocycles. The van der Waals surface area contributed by atoms with Gasteiger partial charge in [-0.2, -0.15) is 0 Å². The molecule has 1 atom stereocenters. The molecule has 90 valence electrons. The molecule has 3 N–H and O–H groups in total. The molecule has 0 radical (unpaired) electrons. The van der Waals surface area contributed by atoms with Crippen LogP contribution in [0.3, 0.4) is 0 Å². The van der Waals surface area contributed by atoms with Crippen molar-refractivity contribution in [2.24, 2.45) is 11.8 Å². The average Bonchev–Trinajstić information content (AvgIpc) is 2.21. The van der Waals surface area contributed by atoms with Crippen LogP contribution in [0.1, 0.15) is 49.7 Å². The fraction of sp³-hybridized carbons (Fsp3) is 0.615. The molecule has 1 aromatic rings. The van der Waals surface area contributed by atoms with E-state index in [2.05, 4.69) is 30.3 Å². The van der Waals surface area contributed by atoms with Gasteiger partial charge in [0.1, 0.15) is 0 Å². The van der Waals surface area contributed by atoms with E-state index in [0.717, 1.165) is 17.8 Å². The molecule has 0 amide bonds.